The van der Waals surface area contributed by atoms with Gasteiger partial charge in [0.2, 0.25) is 0 Å². The molecule has 1 heterocycles. The van der Waals surface area contributed by atoms with Gasteiger partial charge in [0.05, 0.1) is 0 Å². The quantitative estimate of drug-likeness (QED) is 0.378. The lowest BCUT2D eigenvalue weighted by molar-refractivity contribution is 0.304. The second-order valence-electron chi connectivity index (χ2n) is 6.70. The highest BCUT2D eigenvalue weighted by molar-refractivity contribution is 5.85. The van der Waals surface area contributed by atoms with Crippen molar-refractivity contribution < 1.29 is 5.21 Å². The zero-order chi connectivity index (χ0) is 15.5. The van der Waals surface area contributed by atoms with Crippen LogP contribution in [0.1, 0.15) is 44.2 Å². The number of fused-ring (bicyclic) bond motifs is 1. The van der Waals surface area contributed by atoms with Crippen LogP contribution in [0.2, 0.25) is 0 Å². The number of nitrogens with two attached hydrogens (primary N) is 1. The smallest absolute Gasteiger partial charge is 0.144 e. The van der Waals surface area contributed by atoms with E-state index in [2.05, 4.69) is 35.2 Å². The highest BCUT2D eigenvalue weighted by atomic mass is 16.4. The van der Waals surface area contributed by atoms with E-state index in [0.717, 1.165) is 25.9 Å². The predicted octanol–water partition coefficient (Wildman–Crippen LogP) is 3.30. The second kappa shape index (κ2) is 6.37. The number of anilines is 1. The Balaban J connectivity index is 1.97. The summed E-state index contributed by atoms with van der Waals surface area (Å²) in [5, 5.41) is 12.0. The van der Waals surface area contributed by atoms with E-state index < -0.39 is 0 Å². The first-order valence-corrected chi connectivity index (χ1v) is 7.76. The largest absolute Gasteiger partial charge is 0.409 e. The highest BCUT2D eigenvalue weighted by Gasteiger charge is 2.24. The Bertz CT molecular complexity index is 523. The van der Waals surface area contributed by atoms with Crippen molar-refractivity contribution in [3.05, 3.63) is 29.3 Å². The van der Waals surface area contributed by atoms with Crippen molar-refractivity contribution >= 4 is 11.5 Å². The Labute approximate surface area is 127 Å². The molecule has 21 heavy (non-hydrogen) atoms. The van der Waals surface area contributed by atoms with Crippen molar-refractivity contribution in [3.8, 4) is 0 Å². The van der Waals surface area contributed by atoms with Gasteiger partial charge in [-0.15, -0.1) is 0 Å². The maximum Gasteiger partial charge on any atom is 0.144 e. The van der Waals surface area contributed by atoms with Crippen molar-refractivity contribution in [2.24, 2.45) is 16.3 Å². The van der Waals surface area contributed by atoms with E-state index in [4.69, 9.17) is 10.9 Å². The Morgan fingerprint density at radius 1 is 1.43 bits per heavy atom. The van der Waals surface area contributed by atoms with E-state index in [-0.39, 0.29) is 5.41 Å². The van der Waals surface area contributed by atoms with Crippen LogP contribution in [0, 0.1) is 12.3 Å². The van der Waals surface area contributed by atoms with Gasteiger partial charge in [0.15, 0.2) is 0 Å². The molecule has 4 heteroatoms. The molecule has 2 rings (SSSR count). The van der Waals surface area contributed by atoms with Crippen molar-refractivity contribution in [1.82, 2.24) is 0 Å². The third-order valence-corrected chi connectivity index (χ3v) is 4.48. The van der Waals surface area contributed by atoms with Crippen LogP contribution in [0.4, 0.5) is 5.69 Å². The van der Waals surface area contributed by atoms with Crippen LogP contribution >= 0.6 is 0 Å². The monoisotopic (exact) mass is 289 g/mol. The van der Waals surface area contributed by atoms with E-state index in [1.54, 1.807) is 0 Å². The van der Waals surface area contributed by atoms with E-state index in [0.29, 0.717) is 5.84 Å². The Kier molecular flexibility index (Phi) is 4.76. The summed E-state index contributed by atoms with van der Waals surface area (Å²) in [5.41, 5.74) is 9.69. The summed E-state index contributed by atoms with van der Waals surface area (Å²) >= 11 is 0. The standard InChI is InChI=1S/C17H27N3O/c1-13-7-8-15-14(12-13)6-4-10-20(15)11-5-9-17(2,3)16(18)19-21/h7-8,12,21H,4-6,9-11H2,1-3H3,(H2,18,19). The minimum atomic E-state index is -0.249. The summed E-state index contributed by atoms with van der Waals surface area (Å²) < 4.78 is 0. The molecule has 0 unspecified atom stereocenters. The minimum absolute atomic E-state index is 0.249. The Morgan fingerprint density at radius 2 is 2.19 bits per heavy atom. The van der Waals surface area contributed by atoms with Gasteiger partial charge in [-0.2, -0.15) is 0 Å². The molecule has 1 aliphatic heterocycles. The molecule has 3 N–H and O–H groups in total. The molecule has 1 aromatic rings. The van der Waals surface area contributed by atoms with Crippen LogP contribution in [0.25, 0.3) is 0 Å². The average Bonchev–Trinajstić information content (AvgIpc) is 2.46. The lowest BCUT2D eigenvalue weighted by Crippen LogP contribution is -2.34. The Hall–Kier alpha value is -1.71. The van der Waals surface area contributed by atoms with E-state index >= 15 is 0 Å². The van der Waals surface area contributed by atoms with Crippen LogP contribution in [0.5, 0.6) is 0 Å². The van der Waals surface area contributed by atoms with E-state index in [1.165, 1.54) is 29.7 Å². The van der Waals surface area contributed by atoms with Gasteiger partial charge in [0, 0.05) is 24.2 Å². The summed E-state index contributed by atoms with van der Waals surface area (Å²) in [6.45, 7) is 8.35. The normalized spacial score (nSPS) is 16.0. The first-order valence-electron chi connectivity index (χ1n) is 7.76. The molecule has 0 saturated heterocycles. The molecule has 1 aliphatic rings. The SMILES string of the molecule is Cc1ccc2c(c1)CCCN2CCCC(C)(C)C(N)=NO. The molecule has 0 atom stereocenters. The zero-order valence-corrected chi connectivity index (χ0v) is 13.4. The molecule has 0 fully saturated rings. The van der Waals surface area contributed by atoms with Gasteiger partial charge in [0.1, 0.15) is 5.84 Å². The average molecular weight is 289 g/mol. The zero-order valence-electron chi connectivity index (χ0n) is 13.4. The summed E-state index contributed by atoms with van der Waals surface area (Å²) in [6.07, 6.45) is 4.36. The molecule has 0 saturated carbocycles. The van der Waals surface area contributed by atoms with Crippen LogP contribution in [-0.2, 0) is 6.42 Å². The molecular weight excluding hydrogens is 262 g/mol. The maximum atomic E-state index is 8.83. The molecule has 116 valence electrons. The van der Waals surface area contributed by atoms with Crippen molar-refractivity contribution in [2.45, 2.75) is 46.5 Å². The van der Waals surface area contributed by atoms with Gasteiger partial charge in [-0.3, -0.25) is 0 Å². The van der Waals surface area contributed by atoms with Crippen LogP contribution in [-0.4, -0.2) is 24.1 Å². The number of amidine groups is 1. The van der Waals surface area contributed by atoms with Crippen LogP contribution in [0.3, 0.4) is 0 Å². The molecule has 0 bridgehead atoms. The molecule has 4 nitrogen and oxygen atoms in total. The first kappa shape index (κ1) is 15.7. The van der Waals surface area contributed by atoms with Crippen molar-refractivity contribution in [1.29, 1.82) is 0 Å². The maximum absolute atomic E-state index is 8.83. The highest BCUT2D eigenvalue weighted by Crippen LogP contribution is 2.29. The van der Waals surface area contributed by atoms with Crippen LogP contribution in [0.15, 0.2) is 23.4 Å². The van der Waals surface area contributed by atoms with Gasteiger partial charge in [-0.1, -0.05) is 36.7 Å². The number of nitrogens with zero attached hydrogens (tertiary/aromatic N) is 2. The predicted molar refractivity (Wildman–Crippen MR) is 88.1 cm³/mol. The topological polar surface area (TPSA) is 61.8 Å². The molecule has 0 spiro atoms. The second-order valence-corrected chi connectivity index (χ2v) is 6.70. The molecule has 0 aromatic heterocycles. The number of rotatable bonds is 5. The summed E-state index contributed by atoms with van der Waals surface area (Å²) in [7, 11) is 0. The molecule has 1 aromatic carbocycles. The third kappa shape index (κ3) is 3.69. The lowest BCUT2D eigenvalue weighted by Gasteiger charge is -2.32. The molecule has 0 aliphatic carbocycles. The summed E-state index contributed by atoms with van der Waals surface area (Å²) in [6, 6.07) is 6.75. The van der Waals surface area contributed by atoms with E-state index in [1.807, 2.05) is 13.8 Å². The third-order valence-electron chi connectivity index (χ3n) is 4.48. The van der Waals surface area contributed by atoms with Gasteiger partial charge in [-0.05, 0) is 44.2 Å². The fourth-order valence-corrected chi connectivity index (χ4v) is 3.01. The van der Waals surface area contributed by atoms with Crippen LogP contribution < -0.4 is 10.6 Å². The van der Waals surface area contributed by atoms with Gasteiger partial charge >= 0.3 is 0 Å². The fourth-order valence-electron chi connectivity index (χ4n) is 3.01. The minimum Gasteiger partial charge on any atom is -0.409 e. The van der Waals surface area contributed by atoms with Gasteiger partial charge in [0.25, 0.3) is 0 Å². The number of benzene rings is 1. The van der Waals surface area contributed by atoms with Crippen molar-refractivity contribution in [2.75, 3.05) is 18.0 Å². The summed E-state index contributed by atoms with van der Waals surface area (Å²) in [5.74, 6) is 0.317. The lowest BCUT2D eigenvalue weighted by atomic mass is 9.86. The van der Waals surface area contributed by atoms with E-state index in [9.17, 15) is 0 Å². The fraction of sp³-hybridized carbons (Fsp3) is 0.588. The molecule has 0 amide bonds. The van der Waals surface area contributed by atoms with Gasteiger partial charge < -0.3 is 15.8 Å². The number of hydrogen-bond donors (Lipinski definition) is 2. The number of aryl methyl sites for hydroxylation is 2. The van der Waals surface area contributed by atoms with Gasteiger partial charge in [-0.25, -0.2) is 0 Å². The molecular formula is C17H27N3O. The number of hydrogen-bond acceptors (Lipinski definition) is 3. The van der Waals surface area contributed by atoms with Crippen molar-refractivity contribution in [3.63, 3.8) is 0 Å². The summed E-state index contributed by atoms with van der Waals surface area (Å²) in [4.78, 5) is 2.47. The first-order chi connectivity index (χ1) is 9.94. The molecule has 0 radical (unpaired) electrons. The Morgan fingerprint density at radius 3 is 2.90 bits per heavy atom. The number of oxime groups is 1.